The van der Waals surface area contributed by atoms with E-state index < -0.39 is 0 Å². The number of hydrogen-bond donors (Lipinski definition) is 0. The summed E-state index contributed by atoms with van der Waals surface area (Å²) in [7, 11) is 0. The van der Waals surface area contributed by atoms with E-state index in [0.717, 1.165) is 5.76 Å². The molecule has 1 atom stereocenters. The van der Waals surface area contributed by atoms with Gasteiger partial charge < -0.3 is 9.47 Å². The van der Waals surface area contributed by atoms with E-state index in [9.17, 15) is 0 Å². The molecule has 0 fully saturated rings. The number of hydrogen-bond acceptors (Lipinski definition) is 2. The fraction of sp³-hybridized carbons (Fsp3) is 0.667. The highest BCUT2D eigenvalue weighted by Crippen LogP contribution is 2.07. The number of ether oxygens (including phenoxy) is 2. The van der Waals surface area contributed by atoms with Gasteiger partial charge in [-0.15, -0.1) is 0 Å². The normalized spacial score (nSPS) is 28.8. The van der Waals surface area contributed by atoms with Crippen molar-refractivity contribution in [1.29, 1.82) is 0 Å². The van der Waals surface area contributed by atoms with Gasteiger partial charge in [-0.05, 0) is 19.9 Å². The van der Waals surface area contributed by atoms with Gasteiger partial charge >= 0.3 is 0 Å². The van der Waals surface area contributed by atoms with E-state index in [0.29, 0.717) is 6.61 Å². The minimum atomic E-state index is -0.0556. The zero-order chi connectivity index (χ0) is 5.98. The first-order valence-electron chi connectivity index (χ1n) is 2.74. The summed E-state index contributed by atoms with van der Waals surface area (Å²) in [6, 6.07) is 0. The van der Waals surface area contributed by atoms with Crippen LogP contribution in [0.1, 0.15) is 13.8 Å². The topological polar surface area (TPSA) is 18.5 Å². The molecule has 8 heavy (non-hydrogen) atoms. The fourth-order valence-electron chi connectivity index (χ4n) is 0.645. The maximum Gasteiger partial charge on any atom is 0.196 e. The molecule has 2 nitrogen and oxygen atoms in total. The van der Waals surface area contributed by atoms with Crippen LogP contribution in [0.4, 0.5) is 0 Å². The molecule has 1 unspecified atom stereocenters. The molecule has 0 radical (unpaired) electrons. The second-order valence-electron chi connectivity index (χ2n) is 1.83. The smallest absolute Gasteiger partial charge is 0.196 e. The predicted molar refractivity (Wildman–Crippen MR) is 30.3 cm³/mol. The fourth-order valence-corrected chi connectivity index (χ4v) is 0.645. The molecule has 2 heteroatoms. The van der Waals surface area contributed by atoms with Crippen LogP contribution in [0, 0.1) is 0 Å². The molecule has 1 heterocycles. The molecule has 1 rings (SSSR count). The SMILES string of the molecule is CC1=CCOC(C)O1. The monoisotopic (exact) mass is 114 g/mol. The Morgan fingerprint density at radius 2 is 2.50 bits per heavy atom. The van der Waals surface area contributed by atoms with E-state index in [1.165, 1.54) is 0 Å². The van der Waals surface area contributed by atoms with Crippen LogP contribution in [0.5, 0.6) is 0 Å². The van der Waals surface area contributed by atoms with Gasteiger partial charge in [0.05, 0.1) is 12.4 Å². The van der Waals surface area contributed by atoms with Gasteiger partial charge in [-0.1, -0.05) is 0 Å². The summed E-state index contributed by atoms with van der Waals surface area (Å²) >= 11 is 0. The van der Waals surface area contributed by atoms with Crippen LogP contribution < -0.4 is 0 Å². The second kappa shape index (κ2) is 2.18. The van der Waals surface area contributed by atoms with Gasteiger partial charge in [0.25, 0.3) is 0 Å². The maximum atomic E-state index is 5.12. The minimum Gasteiger partial charge on any atom is -0.470 e. The van der Waals surface area contributed by atoms with Crippen LogP contribution in [0.2, 0.25) is 0 Å². The van der Waals surface area contributed by atoms with Crippen molar-refractivity contribution in [3.05, 3.63) is 11.8 Å². The number of rotatable bonds is 0. The third-order valence-electron chi connectivity index (χ3n) is 1.05. The van der Waals surface area contributed by atoms with E-state index >= 15 is 0 Å². The Morgan fingerprint density at radius 1 is 1.75 bits per heavy atom. The Morgan fingerprint density at radius 3 is 2.88 bits per heavy atom. The van der Waals surface area contributed by atoms with Crippen LogP contribution in [0.25, 0.3) is 0 Å². The largest absolute Gasteiger partial charge is 0.470 e. The third-order valence-corrected chi connectivity index (χ3v) is 1.05. The maximum absolute atomic E-state index is 5.12. The van der Waals surface area contributed by atoms with Crippen molar-refractivity contribution in [3.8, 4) is 0 Å². The summed E-state index contributed by atoms with van der Waals surface area (Å²) in [6.07, 6.45) is 1.86. The third kappa shape index (κ3) is 1.23. The van der Waals surface area contributed by atoms with E-state index in [-0.39, 0.29) is 6.29 Å². The molecule has 0 saturated carbocycles. The van der Waals surface area contributed by atoms with Crippen molar-refractivity contribution < 1.29 is 9.47 Å². The molecule has 0 N–H and O–H groups in total. The molecule has 1 aliphatic heterocycles. The Kier molecular flexibility index (Phi) is 1.53. The quantitative estimate of drug-likeness (QED) is 0.472. The summed E-state index contributed by atoms with van der Waals surface area (Å²) in [5.74, 6) is 0.962. The molecule has 0 bridgehead atoms. The van der Waals surface area contributed by atoms with Gasteiger partial charge in [-0.3, -0.25) is 0 Å². The molecular weight excluding hydrogens is 104 g/mol. The average Bonchev–Trinajstić information content (AvgIpc) is 1.64. The van der Waals surface area contributed by atoms with Gasteiger partial charge in [-0.25, -0.2) is 0 Å². The highest BCUT2D eigenvalue weighted by molar-refractivity contribution is 4.90. The first kappa shape index (κ1) is 5.63. The summed E-state index contributed by atoms with van der Waals surface area (Å²) < 4.78 is 10.2. The molecule has 0 aliphatic carbocycles. The zero-order valence-corrected chi connectivity index (χ0v) is 5.18. The van der Waals surface area contributed by atoms with Gasteiger partial charge in [0.15, 0.2) is 6.29 Å². The molecule has 0 aromatic rings. The Balaban J connectivity index is 2.45. The van der Waals surface area contributed by atoms with Gasteiger partial charge in [0, 0.05) is 0 Å². The lowest BCUT2D eigenvalue weighted by Crippen LogP contribution is -2.16. The minimum absolute atomic E-state index is 0.0556. The van der Waals surface area contributed by atoms with Crippen LogP contribution in [-0.2, 0) is 9.47 Å². The lowest BCUT2D eigenvalue weighted by molar-refractivity contribution is -0.109. The molecule has 0 amide bonds. The Labute approximate surface area is 49.1 Å². The van der Waals surface area contributed by atoms with Crippen molar-refractivity contribution in [2.24, 2.45) is 0 Å². The first-order chi connectivity index (χ1) is 3.79. The second-order valence-corrected chi connectivity index (χ2v) is 1.83. The highest BCUT2D eigenvalue weighted by Gasteiger charge is 2.05. The first-order valence-corrected chi connectivity index (χ1v) is 2.74. The average molecular weight is 114 g/mol. The predicted octanol–water partition coefficient (Wildman–Crippen LogP) is 1.28. The van der Waals surface area contributed by atoms with Gasteiger partial charge in [0.2, 0.25) is 0 Å². The van der Waals surface area contributed by atoms with E-state index in [4.69, 9.17) is 9.47 Å². The van der Waals surface area contributed by atoms with Crippen molar-refractivity contribution in [3.63, 3.8) is 0 Å². The van der Waals surface area contributed by atoms with Crippen LogP contribution in [0.15, 0.2) is 11.8 Å². The van der Waals surface area contributed by atoms with Crippen LogP contribution in [0.3, 0.4) is 0 Å². The molecule has 1 aliphatic rings. The Bertz CT molecular complexity index is 107. The molecule has 0 aromatic heterocycles. The summed E-state index contributed by atoms with van der Waals surface area (Å²) in [5, 5.41) is 0. The number of allylic oxidation sites excluding steroid dienone is 1. The van der Waals surface area contributed by atoms with Crippen LogP contribution in [-0.4, -0.2) is 12.9 Å². The van der Waals surface area contributed by atoms with Crippen molar-refractivity contribution in [2.75, 3.05) is 6.61 Å². The summed E-state index contributed by atoms with van der Waals surface area (Å²) in [5.41, 5.74) is 0. The zero-order valence-electron chi connectivity index (χ0n) is 5.18. The summed E-state index contributed by atoms with van der Waals surface area (Å²) in [4.78, 5) is 0. The van der Waals surface area contributed by atoms with E-state index in [1.54, 1.807) is 0 Å². The molecule has 46 valence electrons. The molecule has 0 aromatic carbocycles. The Hall–Kier alpha value is -0.500. The lowest BCUT2D eigenvalue weighted by Gasteiger charge is -2.18. The van der Waals surface area contributed by atoms with Crippen LogP contribution >= 0.6 is 0 Å². The van der Waals surface area contributed by atoms with Crippen molar-refractivity contribution >= 4 is 0 Å². The standard InChI is InChI=1S/C6H10O2/c1-5-3-4-7-6(2)8-5/h3,6H,4H2,1-2H3. The van der Waals surface area contributed by atoms with Crippen molar-refractivity contribution in [2.45, 2.75) is 20.1 Å². The summed E-state index contributed by atoms with van der Waals surface area (Å²) in [6.45, 7) is 4.50. The van der Waals surface area contributed by atoms with Crippen molar-refractivity contribution in [1.82, 2.24) is 0 Å². The molecule has 0 saturated heterocycles. The lowest BCUT2D eigenvalue weighted by atomic mass is 10.4. The molecule has 0 spiro atoms. The van der Waals surface area contributed by atoms with E-state index in [1.807, 2.05) is 19.9 Å². The molecular formula is C6H10O2. The van der Waals surface area contributed by atoms with Gasteiger partial charge in [-0.2, -0.15) is 0 Å². The highest BCUT2D eigenvalue weighted by atomic mass is 16.7. The van der Waals surface area contributed by atoms with E-state index in [2.05, 4.69) is 0 Å². The van der Waals surface area contributed by atoms with Gasteiger partial charge in [0.1, 0.15) is 0 Å².